The molecule has 0 spiro atoms. The number of rotatable bonds is 5. The first-order valence-electron chi connectivity index (χ1n) is 10.1. The summed E-state index contributed by atoms with van der Waals surface area (Å²) < 4.78 is 10.3. The Hall–Kier alpha value is -2.19. The van der Waals surface area contributed by atoms with Crippen molar-refractivity contribution in [3.05, 3.63) is 64.0 Å². The Balaban J connectivity index is 1.38. The number of hydrogen-bond acceptors (Lipinski definition) is 5. The smallest absolute Gasteiger partial charge is 0.194 e. The number of thiazole rings is 1. The van der Waals surface area contributed by atoms with Crippen molar-refractivity contribution in [1.82, 2.24) is 24.1 Å². The van der Waals surface area contributed by atoms with Crippen molar-refractivity contribution in [2.75, 3.05) is 19.7 Å². The molecule has 0 bridgehead atoms. The van der Waals surface area contributed by atoms with Crippen molar-refractivity contribution in [3.63, 3.8) is 0 Å². The lowest BCUT2D eigenvalue weighted by Gasteiger charge is -2.33. The number of hydrogen-bond donors (Lipinski definition) is 0. The van der Waals surface area contributed by atoms with Gasteiger partial charge in [-0.25, -0.2) is 4.98 Å². The van der Waals surface area contributed by atoms with E-state index in [1.54, 1.807) is 11.3 Å². The molecule has 30 heavy (non-hydrogen) atoms. The number of aromatic nitrogens is 4. The molecule has 1 aliphatic rings. The topological polar surface area (TPSA) is 47.6 Å². The third kappa shape index (κ3) is 3.90. The number of imidazole rings is 1. The molecule has 3 aromatic heterocycles. The molecule has 1 aromatic carbocycles. The van der Waals surface area contributed by atoms with E-state index >= 15 is 0 Å². The lowest BCUT2D eigenvalue weighted by molar-refractivity contribution is -0.0408. The number of fused-ring (bicyclic) bond motifs is 1. The zero-order valence-electron chi connectivity index (χ0n) is 17.1. The largest absolute Gasteiger partial charge is 0.374 e. The molecule has 0 aliphatic carbocycles. The van der Waals surface area contributed by atoms with Gasteiger partial charge in [-0.15, -0.1) is 11.3 Å². The van der Waals surface area contributed by atoms with Crippen LogP contribution in [-0.2, 0) is 17.8 Å². The van der Waals surface area contributed by atoms with Gasteiger partial charge in [0.2, 0.25) is 0 Å². The van der Waals surface area contributed by atoms with E-state index in [4.69, 9.17) is 21.3 Å². The molecule has 1 fully saturated rings. The van der Waals surface area contributed by atoms with Crippen LogP contribution in [0.3, 0.4) is 0 Å². The molecule has 1 saturated heterocycles. The molecule has 0 amide bonds. The van der Waals surface area contributed by atoms with Gasteiger partial charge in [0.05, 0.1) is 36.3 Å². The van der Waals surface area contributed by atoms with Crippen LogP contribution in [-0.4, -0.2) is 49.9 Å². The van der Waals surface area contributed by atoms with E-state index in [1.807, 2.05) is 31.2 Å². The average molecular weight is 442 g/mol. The summed E-state index contributed by atoms with van der Waals surface area (Å²) >= 11 is 7.75. The highest BCUT2D eigenvalue weighted by atomic mass is 35.5. The fourth-order valence-corrected chi connectivity index (χ4v) is 4.98. The zero-order chi connectivity index (χ0) is 20.7. The van der Waals surface area contributed by atoms with Crippen LogP contribution >= 0.6 is 22.9 Å². The van der Waals surface area contributed by atoms with Gasteiger partial charge in [0, 0.05) is 47.5 Å². The Morgan fingerprint density at radius 1 is 1.23 bits per heavy atom. The summed E-state index contributed by atoms with van der Waals surface area (Å²) in [5, 5.41) is 7.42. The van der Waals surface area contributed by atoms with E-state index < -0.39 is 0 Å². The first-order chi connectivity index (χ1) is 14.6. The Labute approximate surface area is 184 Å². The van der Waals surface area contributed by atoms with Crippen molar-refractivity contribution in [2.24, 2.45) is 0 Å². The van der Waals surface area contributed by atoms with Gasteiger partial charge >= 0.3 is 0 Å². The lowest BCUT2D eigenvalue weighted by Crippen LogP contribution is -2.44. The van der Waals surface area contributed by atoms with Gasteiger partial charge in [-0.05, 0) is 32.0 Å². The summed E-state index contributed by atoms with van der Waals surface area (Å²) in [6.07, 6.45) is 2.23. The van der Waals surface area contributed by atoms with Crippen molar-refractivity contribution < 1.29 is 4.74 Å². The zero-order valence-corrected chi connectivity index (χ0v) is 18.7. The fourth-order valence-electron chi connectivity index (χ4n) is 4.12. The normalized spacial score (nSPS) is 17.8. The highest BCUT2D eigenvalue weighted by Gasteiger charge is 2.25. The summed E-state index contributed by atoms with van der Waals surface area (Å²) in [6.45, 7) is 8.24. The number of aryl methyl sites for hydroxylation is 2. The van der Waals surface area contributed by atoms with E-state index in [9.17, 15) is 0 Å². The third-order valence-corrected chi connectivity index (χ3v) is 6.56. The summed E-state index contributed by atoms with van der Waals surface area (Å²) in [4.78, 5) is 8.38. The second-order valence-electron chi connectivity index (χ2n) is 7.81. The van der Waals surface area contributed by atoms with Gasteiger partial charge in [-0.3, -0.25) is 14.0 Å². The summed E-state index contributed by atoms with van der Waals surface area (Å²) in [7, 11) is 0. The molecule has 4 heterocycles. The highest BCUT2D eigenvalue weighted by Crippen LogP contribution is 2.29. The Morgan fingerprint density at radius 3 is 2.83 bits per heavy atom. The standard InChI is InChI=1S/C22H24ClN5OS/c1-15-11-16(2)28(25-15)13-19-12-26(7-9-29-19)14-20-21(17-3-5-18(23)6-4-17)24-22-27(20)8-10-30-22/h3-6,8,10-11,19H,7,9,12-14H2,1-2H3. The molecular weight excluding hydrogens is 418 g/mol. The summed E-state index contributed by atoms with van der Waals surface area (Å²) in [5.41, 5.74) is 5.55. The monoisotopic (exact) mass is 441 g/mol. The lowest BCUT2D eigenvalue weighted by atomic mass is 10.1. The van der Waals surface area contributed by atoms with E-state index in [0.29, 0.717) is 0 Å². The molecule has 4 aromatic rings. The molecule has 1 atom stereocenters. The van der Waals surface area contributed by atoms with Crippen molar-refractivity contribution in [3.8, 4) is 11.3 Å². The molecule has 1 unspecified atom stereocenters. The summed E-state index contributed by atoms with van der Waals surface area (Å²) in [5.74, 6) is 0. The molecule has 5 rings (SSSR count). The van der Waals surface area contributed by atoms with Crippen LogP contribution in [0.25, 0.3) is 16.2 Å². The van der Waals surface area contributed by atoms with Crippen LogP contribution in [0.1, 0.15) is 17.1 Å². The van der Waals surface area contributed by atoms with Crippen LogP contribution in [0, 0.1) is 13.8 Å². The van der Waals surface area contributed by atoms with Crippen LogP contribution in [0.15, 0.2) is 41.9 Å². The van der Waals surface area contributed by atoms with Crippen LogP contribution in [0.5, 0.6) is 0 Å². The minimum atomic E-state index is 0.126. The van der Waals surface area contributed by atoms with Crippen molar-refractivity contribution in [1.29, 1.82) is 0 Å². The van der Waals surface area contributed by atoms with Crippen LogP contribution in [0.2, 0.25) is 5.02 Å². The maximum atomic E-state index is 6.09. The first kappa shape index (κ1) is 19.8. The predicted octanol–water partition coefficient (Wildman–Crippen LogP) is 4.43. The number of benzene rings is 1. The van der Waals surface area contributed by atoms with E-state index in [1.165, 1.54) is 11.4 Å². The molecule has 1 aliphatic heterocycles. The maximum absolute atomic E-state index is 6.09. The fraction of sp³-hybridized carbons (Fsp3) is 0.364. The molecule has 156 valence electrons. The Morgan fingerprint density at radius 2 is 2.07 bits per heavy atom. The minimum absolute atomic E-state index is 0.126. The third-order valence-electron chi connectivity index (χ3n) is 5.55. The van der Waals surface area contributed by atoms with Gasteiger partial charge in [0.25, 0.3) is 0 Å². The van der Waals surface area contributed by atoms with Gasteiger partial charge in [-0.1, -0.05) is 23.7 Å². The van der Waals surface area contributed by atoms with Crippen molar-refractivity contribution >= 4 is 27.9 Å². The highest BCUT2D eigenvalue weighted by molar-refractivity contribution is 7.15. The van der Waals surface area contributed by atoms with Gasteiger partial charge in [0.1, 0.15) is 0 Å². The van der Waals surface area contributed by atoms with Gasteiger partial charge in [-0.2, -0.15) is 5.10 Å². The number of ether oxygens (including phenoxy) is 1. The number of halogens is 1. The SMILES string of the molecule is Cc1cc(C)n(CC2CN(Cc3c(-c4ccc(Cl)cc4)nc4sccn34)CCO2)n1. The second-order valence-corrected chi connectivity index (χ2v) is 9.12. The van der Waals surface area contributed by atoms with E-state index in [0.717, 1.165) is 59.7 Å². The molecule has 0 saturated carbocycles. The van der Waals surface area contributed by atoms with Gasteiger partial charge in [0.15, 0.2) is 4.96 Å². The van der Waals surface area contributed by atoms with E-state index in [2.05, 4.69) is 43.6 Å². The van der Waals surface area contributed by atoms with Crippen LogP contribution in [0.4, 0.5) is 0 Å². The number of nitrogens with zero attached hydrogens (tertiary/aromatic N) is 5. The van der Waals surface area contributed by atoms with E-state index in [-0.39, 0.29) is 6.10 Å². The Kier molecular flexibility index (Phi) is 5.37. The minimum Gasteiger partial charge on any atom is -0.374 e. The predicted molar refractivity (Wildman–Crippen MR) is 120 cm³/mol. The summed E-state index contributed by atoms with van der Waals surface area (Å²) in [6, 6.07) is 10.0. The molecular formula is C22H24ClN5OS. The molecule has 0 radical (unpaired) electrons. The average Bonchev–Trinajstić information content (AvgIpc) is 3.39. The molecule has 6 nitrogen and oxygen atoms in total. The molecule has 0 N–H and O–H groups in total. The number of morpholine rings is 1. The first-order valence-corrected chi connectivity index (χ1v) is 11.4. The van der Waals surface area contributed by atoms with Gasteiger partial charge < -0.3 is 4.74 Å². The van der Waals surface area contributed by atoms with Crippen molar-refractivity contribution in [2.45, 2.75) is 33.0 Å². The quantitative estimate of drug-likeness (QED) is 0.459. The Bertz CT molecular complexity index is 1160. The second kappa shape index (κ2) is 8.15. The van der Waals surface area contributed by atoms with Crippen LogP contribution < -0.4 is 0 Å². The molecule has 8 heteroatoms. The maximum Gasteiger partial charge on any atom is 0.194 e.